The number of carboxylic acid groups (broad SMARTS) is 2. The summed E-state index contributed by atoms with van der Waals surface area (Å²) in [7, 11) is 2.00. The van der Waals surface area contributed by atoms with Crippen LogP contribution in [0.2, 0.25) is 0 Å². The summed E-state index contributed by atoms with van der Waals surface area (Å²) in [4.78, 5) is 65.2. The topological polar surface area (TPSA) is 180 Å². The van der Waals surface area contributed by atoms with E-state index in [0.29, 0.717) is 42.4 Å². The number of anilines is 4. The summed E-state index contributed by atoms with van der Waals surface area (Å²) < 4.78 is 0. The van der Waals surface area contributed by atoms with Gasteiger partial charge in [-0.2, -0.15) is 0 Å². The fourth-order valence-corrected chi connectivity index (χ4v) is 10.4. The normalized spacial score (nSPS) is 18.9. The van der Waals surface area contributed by atoms with Crippen molar-refractivity contribution >= 4 is 47.0 Å². The second-order valence-electron chi connectivity index (χ2n) is 19.6. The maximum absolute atomic E-state index is 13.3. The largest absolute Gasteiger partial charge is 0.481 e. The van der Waals surface area contributed by atoms with Crippen molar-refractivity contribution in [1.29, 1.82) is 0 Å². The van der Waals surface area contributed by atoms with Gasteiger partial charge in [-0.15, -0.1) is 0 Å². The van der Waals surface area contributed by atoms with Crippen LogP contribution in [0.1, 0.15) is 135 Å². The van der Waals surface area contributed by atoms with Crippen molar-refractivity contribution in [1.82, 2.24) is 20.6 Å². The molecule has 2 aromatic carbocycles. The van der Waals surface area contributed by atoms with Crippen LogP contribution in [0.15, 0.2) is 84.9 Å². The number of amides is 2. The van der Waals surface area contributed by atoms with E-state index in [1.807, 2.05) is 67.7 Å². The van der Waals surface area contributed by atoms with E-state index in [-0.39, 0.29) is 48.6 Å². The minimum atomic E-state index is -0.752. The van der Waals surface area contributed by atoms with Gasteiger partial charge in [0.2, 0.25) is 0 Å². The zero-order chi connectivity index (χ0) is 48.4. The lowest BCUT2D eigenvalue weighted by Gasteiger charge is -2.34. The number of hydrogen-bond acceptors (Lipinski definition) is 10. The van der Waals surface area contributed by atoms with Gasteiger partial charge in [0.25, 0.3) is 11.8 Å². The van der Waals surface area contributed by atoms with Crippen molar-refractivity contribution in [3.05, 3.63) is 107 Å². The lowest BCUT2D eigenvalue weighted by molar-refractivity contribution is -0.139. The molecule has 5 N–H and O–H groups in total. The quantitative estimate of drug-likeness (QED) is 0.0640. The molecule has 4 aliphatic rings. The summed E-state index contributed by atoms with van der Waals surface area (Å²) in [6.45, 7) is 4.47. The molecule has 4 aromatic rings. The van der Waals surface area contributed by atoms with Gasteiger partial charge in [-0.25, -0.2) is 9.97 Å². The Hall–Kier alpha value is -6.18. The molecule has 2 aliphatic carbocycles. The van der Waals surface area contributed by atoms with E-state index in [9.17, 15) is 29.4 Å². The average molecular weight is 943 g/mol. The lowest BCUT2D eigenvalue weighted by Crippen LogP contribution is -2.38. The molecule has 2 amide bonds. The summed E-state index contributed by atoms with van der Waals surface area (Å²) in [5, 5.41) is 28.3. The third-order valence-electron chi connectivity index (χ3n) is 14.2. The van der Waals surface area contributed by atoms with Crippen LogP contribution in [-0.2, 0) is 22.4 Å². The molecule has 2 aliphatic heterocycles. The molecular weight excluding hydrogens is 869 g/mol. The van der Waals surface area contributed by atoms with E-state index in [1.54, 1.807) is 0 Å². The van der Waals surface area contributed by atoms with Crippen molar-refractivity contribution in [2.45, 2.75) is 128 Å². The Balaban J connectivity index is 0.000000204. The van der Waals surface area contributed by atoms with Gasteiger partial charge in [-0.3, -0.25) is 19.2 Å². The van der Waals surface area contributed by atoms with E-state index in [0.717, 1.165) is 108 Å². The predicted molar refractivity (Wildman–Crippen MR) is 274 cm³/mol. The van der Waals surface area contributed by atoms with Crippen LogP contribution in [0.4, 0.5) is 23.3 Å². The fourth-order valence-electron chi connectivity index (χ4n) is 10.4. The zero-order valence-corrected chi connectivity index (χ0v) is 40.6. The van der Waals surface area contributed by atoms with Gasteiger partial charge >= 0.3 is 11.9 Å². The van der Waals surface area contributed by atoms with Crippen LogP contribution >= 0.6 is 0 Å². The van der Waals surface area contributed by atoms with Crippen molar-refractivity contribution in [2.75, 3.05) is 66.3 Å². The smallest absolute Gasteiger partial charge is 0.303 e. The molecule has 0 radical (unpaired) electrons. The number of carbonyl (C=O) groups is 4. The molecule has 2 saturated heterocycles. The molecule has 2 atom stereocenters. The van der Waals surface area contributed by atoms with Gasteiger partial charge in [0.15, 0.2) is 0 Å². The Morgan fingerprint density at radius 3 is 1.58 bits per heavy atom. The monoisotopic (exact) mass is 943 g/mol. The van der Waals surface area contributed by atoms with Crippen LogP contribution in [-0.4, -0.2) is 102 Å². The maximum atomic E-state index is 13.3. The molecule has 2 aromatic heterocycles. The number of aromatic nitrogens is 2. The Bertz CT molecular complexity index is 2270. The van der Waals surface area contributed by atoms with Gasteiger partial charge in [0.1, 0.15) is 23.3 Å². The SMILES string of the molecule is CN(CCc1ccccc1)c1nc(N2CCC[C@@H](CC(=O)O)C2)ccc1C(=O)NC1CCCCC1.O=C(O)C[C@@H]1CCCN(c2ccc(C(=O)NC3CCCCC3)c(NCCc3ccccc3)n2)C1. The van der Waals surface area contributed by atoms with Gasteiger partial charge in [0, 0.05) is 71.2 Å². The molecule has 4 fully saturated rings. The van der Waals surface area contributed by atoms with Crippen molar-refractivity contribution in [3.63, 3.8) is 0 Å². The summed E-state index contributed by atoms with van der Waals surface area (Å²) in [5.41, 5.74) is 3.65. The first-order valence-electron chi connectivity index (χ1n) is 25.7. The molecule has 0 bridgehead atoms. The molecule has 0 unspecified atom stereocenters. The maximum Gasteiger partial charge on any atom is 0.303 e. The Morgan fingerprint density at radius 1 is 0.580 bits per heavy atom. The van der Waals surface area contributed by atoms with E-state index in [2.05, 4.69) is 54.9 Å². The highest BCUT2D eigenvalue weighted by molar-refractivity contribution is 6.00. The Morgan fingerprint density at radius 2 is 1.06 bits per heavy atom. The first-order chi connectivity index (χ1) is 33.6. The second-order valence-corrected chi connectivity index (χ2v) is 19.6. The van der Waals surface area contributed by atoms with E-state index < -0.39 is 11.9 Å². The van der Waals surface area contributed by atoms with E-state index in [1.165, 1.54) is 36.8 Å². The Kier molecular flexibility index (Phi) is 19.1. The molecule has 370 valence electrons. The highest BCUT2D eigenvalue weighted by Gasteiger charge is 2.28. The first kappa shape index (κ1) is 50.7. The number of carboxylic acids is 2. The van der Waals surface area contributed by atoms with Crippen LogP contribution in [0.25, 0.3) is 0 Å². The molecule has 4 heterocycles. The van der Waals surface area contributed by atoms with Crippen LogP contribution in [0.3, 0.4) is 0 Å². The van der Waals surface area contributed by atoms with E-state index in [4.69, 9.17) is 9.97 Å². The van der Waals surface area contributed by atoms with Crippen LogP contribution in [0, 0.1) is 11.8 Å². The number of likely N-dealkylation sites (N-methyl/N-ethyl adjacent to an activating group) is 1. The molecular formula is C55H74N8O6. The van der Waals surface area contributed by atoms with Gasteiger partial charge < -0.3 is 40.9 Å². The number of piperidine rings is 2. The molecule has 2 saturated carbocycles. The third-order valence-corrected chi connectivity index (χ3v) is 14.2. The number of carbonyl (C=O) groups excluding carboxylic acids is 2. The number of benzene rings is 2. The average Bonchev–Trinajstić information content (AvgIpc) is 3.36. The standard InChI is InChI=1S/C28H38N4O3.C27H36N4O3/c1-31(18-16-21-9-4-2-5-10-21)27-24(28(35)29-23-12-6-3-7-13-23)14-15-25(30-27)32-17-8-11-22(20-32)19-26(33)34;32-25(33)18-21-10-7-17-31(19-21)24-14-13-23(27(34)29-22-11-5-2-6-12-22)26(30-24)28-16-15-20-8-3-1-4-9-20/h2,4-5,9-10,14-15,22-23H,3,6-8,11-13,16-20H2,1H3,(H,29,35)(H,33,34);1,3-4,8-9,13-14,21-22H,2,5-7,10-12,15-19H2,(H,28,30)(H,29,34)(H,32,33)/t22-;21-/m00/s1. The summed E-state index contributed by atoms with van der Waals surface area (Å²) in [6, 6.07) is 28.6. The first-order valence-corrected chi connectivity index (χ1v) is 25.7. The number of aliphatic carboxylic acids is 2. The molecule has 14 heteroatoms. The predicted octanol–water partition coefficient (Wildman–Crippen LogP) is 9.00. The number of nitrogens with zero attached hydrogens (tertiary/aromatic N) is 5. The Labute approximate surface area is 408 Å². The number of nitrogens with one attached hydrogen (secondary N) is 3. The van der Waals surface area contributed by atoms with Crippen molar-refractivity contribution in [3.8, 4) is 0 Å². The van der Waals surface area contributed by atoms with Crippen LogP contribution in [0.5, 0.6) is 0 Å². The van der Waals surface area contributed by atoms with E-state index >= 15 is 0 Å². The molecule has 8 rings (SSSR count). The van der Waals surface area contributed by atoms with Gasteiger partial charge in [0.05, 0.1) is 11.1 Å². The number of rotatable bonds is 18. The van der Waals surface area contributed by atoms with Crippen molar-refractivity contribution < 1.29 is 29.4 Å². The fraction of sp³-hybridized carbons (Fsp3) is 0.527. The van der Waals surface area contributed by atoms with Crippen molar-refractivity contribution in [2.24, 2.45) is 11.8 Å². The third kappa shape index (κ3) is 15.7. The van der Waals surface area contributed by atoms with Crippen LogP contribution < -0.4 is 30.7 Å². The molecule has 0 spiro atoms. The van der Waals surface area contributed by atoms with Gasteiger partial charge in [-0.05, 0) is 111 Å². The lowest BCUT2D eigenvalue weighted by atomic mass is 9.95. The van der Waals surface area contributed by atoms with Gasteiger partial charge in [-0.1, -0.05) is 99.2 Å². The minimum absolute atomic E-state index is 0.0556. The highest BCUT2D eigenvalue weighted by atomic mass is 16.4. The molecule has 14 nitrogen and oxygen atoms in total. The number of hydrogen-bond donors (Lipinski definition) is 5. The molecule has 69 heavy (non-hydrogen) atoms. The summed E-state index contributed by atoms with van der Waals surface area (Å²) in [6.07, 6.45) is 17.1. The number of pyridine rings is 2. The zero-order valence-electron chi connectivity index (χ0n) is 40.6. The summed E-state index contributed by atoms with van der Waals surface area (Å²) >= 11 is 0. The summed E-state index contributed by atoms with van der Waals surface area (Å²) in [5.74, 6) is 1.51. The second kappa shape index (κ2) is 26.0. The highest BCUT2D eigenvalue weighted by Crippen LogP contribution is 2.30. The minimum Gasteiger partial charge on any atom is -0.481 e.